The van der Waals surface area contributed by atoms with Crippen molar-refractivity contribution in [1.29, 1.82) is 0 Å². The number of hydrogen-bond acceptors (Lipinski definition) is 4. The minimum Gasteiger partial charge on any atom is -0.497 e. The molecule has 0 aliphatic carbocycles. The lowest BCUT2D eigenvalue weighted by Gasteiger charge is -2.07. The lowest BCUT2D eigenvalue weighted by molar-refractivity contribution is -0.121. The zero-order valence-corrected chi connectivity index (χ0v) is 16.3. The molecular formula is C20H24N2O4S. The molecule has 1 amide bonds. The standard InChI is InChI=1S/C20H24N2O4S/c1-16-3-5-17(6-4-16)12-14-27(24,25)22-13-11-20(23)21-15-18-7-9-19(26-2)10-8-18/h3-10,12,14,22H,11,13,15H2,1-2H3,(H,21,23)/b14-12+. The molecule has 7 heteroatoms. The lowest BCUT2D eigenvalue weighted by atomic mass is 10.2. The monoisotopic (exact) mass is 388 g/mol. The quantitative estimate of drug-likeness (QED) is 0.692. The van der Waals surface area contributed by atoms with Crippen LogP contribution < -0.4 is 14.8 Å². The van der Waals surface area contributed by atoms with E-state index in [0.717, 1.165) is 27.8 Å². The second kappa shape index (κ2) is 9.89. The van der Waals surface area contributed by atoms with Gasteiger partial charge in [0.25, 0.3) is 0 Å². The smallest absolute Gasteiger partial charge is 0.233 e. The van der Waals surface area contributed by atoms with Crippen molar-refractivity contribution in [3.05, 3.63) is 70.6 Å². The maximum Gasteiger partial charge on any atom is 0.233 e. The number of methoxy groups -OCH3 is 1. The molecule has 0 fully saturated rings. The molecular weight excluding hydrogens is 364 g/mol. The van der Waals surface area contributed by atoms with E-state index in [-0.39, 0.29) is 18.9 Å². The maximum absolute atomic E-state index is 12.0. The minimum atomic E-state index is -3.58. The Morgan fingerprint density at radius 1 is 1.07 bits per heavy atom. The number of ether oxygens (including phenoxy) is 1. The van der Waals surface area contributed by atoms with Crippen LogP contribution in [0.4, 0.5) is 0 Å². The summed E-state index contributed by atoms with van der Waals surface area (Å²) < 4.78 is 31.4. The number of rotatable bonds is 9. The molecule has 0 unspecified atom stereocenters. The number of nitrogens with one attached hydrogen (secondary N) is 2. The molecule has 0 heterocycles. The van der Waals surface area contributed by atoms with Gasteiger partial charge in [0.1, 0.15) is 5.75 Å². The summed E-state index contributed by atoms with van der Waals surface area (Å²) in [5.74, 6) is 0.522. The Morgan fingerprint density at radius 3 is 2.37 bits per heavy atom. The normalized spacial score (nSPS) is 11.5. The van der Waals surface area contributed by atoms with E-state index < -0.39 is 10.0 Å². The molecule has 0 saturated carbocycles. The highest BCUT2D eigenvalue weighted by Gasteiger charge is 2.07. The van der Waals surface area contributed by atoms with Gasteiger partial charge in [-0.25, -0.2) is 13.1 Å². The fourth-order valence-electron chi connectivity index (χ4n) is 2.23. The topological polar surface area (TPSA) is 84.5 Å². The first-order valence-corrected chi connectivity index (χ1v) is 10.1. The number of hydrogen-bond donors (Lipinski definition) is 2. The molecule has 0 saturated heterocycles. The van der Waals surface area contributed by atoms with E-state index in [1.807, 2.05) is 55.5 Å². The van der Waals surface area contributed by atoms with Crippen molar-refractivity contribution in [1.82, 2.24) is 10.0 Å². The van der Waals surface area contributed by atoms with Gasteiger partial charge in [-0.15, -0.1) is 0 Å². The summed E-state index contributed by atoms with van der Waals surface area (Å²) in [4.78, 5) is 11.8. The first kappa shape index (κ1) is 20.7. The maximum atomic E-state index is 12.0. The van der Waals surface area contributed by atoms with Crippen LogP contribution in [0.5, 0.6) is 5.75 Å². The molecule has 144 valence electrons. The van der Waals surface area contributed by atoms with E-state index in [2.05, 4.69) is 10.0 Å². The van der Waals surface area contributed by atoms with Crippen LogP contribution in [-0.2, 0) is 21.4 Å². The average molecular weight is 388 g/mol. The second-order valence-electron chi connectivity index (χ2n) is 6.03. The summed E-state index contributed by atoms with van der Waals surface area (Å²) in [6.07, 6.45) is 1.58. The number of benzene rings is 2. The van der Waals surface area contributed by atoms with Gasteiger partial charge >= 0.3 is 0 Å². The Bertz CT molecular complexity index is 873. The van der Waals surface area contributed by atoms with E-state index in [1.54, 1.807) is 7.11 Å². The minimum absolute atomic E-state index is 0.0367. The van der Waals surface area contributed by atoms with Crippen LogP contribution in [0.1, 0.15) is 23.1 Å². The van der Waals surface area contributed by atoms with Crippen LogP contribution in [0, 0.1) is 6.92 Å². The van der Waals surface area contributed by atoms with Crippen LogP contribution in [-0.4, -0.2) is 28.0 Å². The summed E-state index contributed by atoms with van der Waals surface area (Å²) >= 11 is 0. The second-order valence-corrected chi connectivity index (χ2v) is 7.68. The van der Waals surface area contributed by atoms with Crippen LogP contribution in [0.3, 0.4) is 0 Å². The molecule has 2 rings (SSSR count). The van der Waals surface area contributed by atoms with Crippen molar-refractivity contribution in [2.45, 2.75) is 19.9 Å². The molecule has 0 atom stereocenters. The highest BCUT2D eigenvalue weighted by molar-refractivity contribution is 7.92. The molecule has 0 radical (unpaired) electrons. The van der Waals surface area contributed by atoms with Crippen LogP contribution in [0.15, 0.2) is 53.9 Å². The zero-order chi connectivity index (χ0) is 19.7. The number of carbonyl (C=O) groups excluding carboxylic acids is 1. The predicted octanol–water partition coefficient (Wildman–Crippen LogP) is 2.60. The Balaban J connectivity index is 1.73. The molecule has 0 aliphatic heterocycles. The molecule has 2 aromatic carbocycles. The van der Waals surface area contributed by atoms with E-state index in [1.165, 1.54) is 6.08 Å². The Hall–Kier alpha value is -2.64. The molecule has 0 aliphatic rings. The van der Waals surface area contributed by atoms with Gasteiger partial charge in [0.05, 0.1) is 7.11 Å². The van der Waals surface area contributed by atoms with E-state index in [0.29, 0.717) is 6.54 Å². The fraction of sp³-hybridized carbons (Fsp3) is 0.250. The van der Waals surface area contributed by atoms with Gasteiger partial charge in [0, 0.05) is 24.9 Å². The third-order valence-electron chi connectivity index (χ3n) is 3.82. The molecule has 0 spiro atoms. The first-order chi connectivity index (χ1) is 12.9. The molecule has 0 aromatic heterocycles. The number of amides is 1. The molecule has 0 bridgehead atoms. The molecule has 2 N–H and O–H groups in total. The van der Waals surface area contributed by atoms with Crippen molar-refractivity contribution in [3.63, 3.8) is 0 Å². The van der Waals surface area contributed by atoms with Crippen molar-refractivity contribution in [2.75, 3.05) is 13.7 Å². The summed E-state index contributed by atoms with van der Waals surface area (Å²) in [5.41, 5.74) is 2.84. The highest BCUT2D eigenvalue weighted by atomic mass is 32.2. The van der Waals surface area contributed by atoms with Crippen LogP contribution in [0.2, 0.25) is 0 Å². The predicted molar refractivity (Wildman–Crippen MR) is 107 cm³/mol. The largest absolute Gasteiger partial charge is 0.497 e. The van der Waals surface area contributed by atoms with E-state index >= 15 is 0 Å². The van der Waals surface area contributed by atoms with Gasteiger partial charge in [-0.3, -0.25) is 4.79 Å². The summed E-state index contributed by atoms with van der Waals surface area (Å²) in [6, 6.07) is 14.9. The van der Waals surface area contributed by atoms with Crippen LogP contribution in [0.25, 0.3) is 6.08 Å². The van der Waals surface area contributed by atoms with E-state index in [9.17, 15) is 13.2 Å². The van der Waals surface area contributed by atoms with Gasteiger partial charge in [-0.05, 0) is 36.3 Å². The van der Waals surface area contributed by atoms with Crippen molar-refractivity contribution < 1.29 is 17.9 Å². The Kier molecular flexibility index (Phi) is 7.57. The zero-order valence-electron chi connectivity index (χ0n) is 15.4. The van der Waals surface area contributed by atoms with Crippen molar-refractivity contribution in [3.8, 4) is 5.75 Å². The SMILES string of the molecule is COc1ccc(CNC(=O)CCNS(=O)(=O)/C=C/c2ccc(C)cc2)cc1. The van der Waals surface area contributed by atoms with Gasteiger partial charge in [0.2, 0.25) is 15.9 Å². The van der Waals surface area contributed by atoms with Gasteiger partial charge in [0.15, 0.2) is 0 Å². The molecule has 2 aromatic rings. The number of sulfonamides is 1. The number of aryl methyl sites for hydroxylation is 1. The summed E-state index contributed by atoms with van der Waals surface area (Å²) in [7, 11) is -1.99. The molecule has 27 heavy (non-hydrogen) atoms. The van der Waals surface area contributed by atoms with E-state index in [4.69, 9.17) is 4.74 Å². The average Bonchev–Trinajstić information content (AvgIpc) is 2.66. The Morgan fingerprint density at radius 2 is 1.74 bits per heavy atom. The van der Waals surface area contributed by atoms with Crippen LogP contribution >= 0.6 is 0 Å². The third kappa shape index (κ3) is 7.64. The fourth-order valence-corrected chi connectivity index (χ4v) is 3.05. The van der Waals surface area contributed by atoms with Gasteiger partial charge in [-0.1, -0.05) is 42.0 Å². The van der Waals surface area contributed by atoms with Crippen molar-refractivity contribution in [2.24, 2.45) is 0 Å². The Labute approximate surface area is 160 Å². The van der Waals surface area contributed by atoms with Crippen molar-refractivity contribution >= 4 is 22.0 Å². The number of carbonyl (C=O) groups is 1. The summed E-state index contributed by atoms with van der Waals surface area (Å²) in [5, 5.41) is 3.86. The lowest BCUT2D eigenvalue weighted by Crippen LogP contribution is -2.29. The van der Waals surface area contributed by atoms with Gasteiger partial charge < -0.3 is 10.1 Å². The first-order valence-electron chi connectivity index (χ1n) is 8.52. The van der Waals surface area contributed by atoms with Gasteiger partial charge in [-0.2, -0.15) is 0 Å². The third-order valence-corrected chi connectivity index (χ3v) is 4.92. The summed E-state index contributed by atoms with van der Waals surface area (Å²) in [6.45, 7) is 2.38. The highest BCUT2D eigenvalue weighted by Crippen LogP contribution is 2.11. The molecule has 6 nitrogen and oxygen atoms in total.